The number of hydrogen-bond acceptors (Lipinski definition) is 4. The molecule has 1 aliphatic heterocycles. The molecule has 108 valence electrons. The summed E-state index contributed by atoms with van der Waals surface area (Å²) < 4.78 is 27.9. The zero-order valence-electron chi connectivity index (χ0n) is 11.0. The molecule has 8 heteroatoms. The Hall–Kier alpha value is -1.67. The monoisotopic (exact) mass is 297 g/mol. The van der Waals surface area contributed by atoms with Crippen molar-refractivity contribution in [2.75, 3.05) is 6.54 Å². The van der Waals surface area contributed by atoms with Crippen LogP contribution in [0.3, 0.4) is 0 Å². The molecule has 1 aliphatic carbocycles. The first-order valence-corrected chi connectivity index (χ1v) is 7.83. The summed E-state index contributed by atoms with van der Waals surface area (Å²) in [7, 11) is -2.27. The second-order valence-electron chi connectivity index (χ2n) is 4.99. The van der Waals surface area contributed by atoms with E-state index in [2.05, 4.69) is 5.10 Å². The molecule has 0 spiro atoms. The number of carboxylic acid groups (broad SMARTS) is 1. The molecule has 0 bridgehead atoms. The molecule has 3 rings (SSSR count). The van der Waals surface area contributed by atoms with E-state index in [0.717, 1.165) is 28.4 Å². The first kappa shape index (κ1) is 13.3. The van der Waals surface area contributed by atoms with Gasteiger partial charge in [0.15, 0.2) is 5.03 Å². The van der Waals surface area contributed by atoms with Crippen LogP contribution in [-0.4, -0.2) is 46.2 Å². The van der Waals surface area contributed by atoms with Crippen molar-refractivity contribution < 1.29 is 18.3 Å². The Morgan fingerprint density at radius 2 is 2.20 bits per heavy atom. The summed E-state index contributed by atoms with van der Waals surface area (Å²) in [4.78, 5) is 11.2. The van der Waals surface area contributed by atoms with Crippen LogP contribution < -0.4 is 0 Å². The molecule has 0 amide bonds. The lowest BCUT2D eigenvalue weighted by atomic mass is 10.3. The van der Waals surface area contributed by atoms with Crippen LogP contribution in [0.2, 0.25) is 0 Å². The van der Waals surface area contributed by atoms with Crippen LogP contribution in [0.1, 0.15) is 17.7 Å². The van der Waals surface area contributed by atoms with E-state index in [1.54, 1.807) is 13.1 Å². The average Bonchev–Trinajstić information content (AvgIpc) is 3.00. The molecule has 1 aromatic heterocycles. The van der Waals surface area contributed by atoms with Gasteiger partial charge in [0.1, 0.15) is 6.04 Å². The second-order valence-corrected chi connectivity index (χ2v) is 6.80. The molecular formula is C12H15N3O4S. The molecule has 0 saturated carbocycles. The van der Waals surface area contributed by atoms with E-state index in [-0.39, 0.29) is 11.6 Å². The minimum atomic E-state index is -3.86. The van der Waals surface area contributed by atoms with Crippen molar-refractivity contribution in [2.45, 2.75) is 30.3 Å². The fourth-order valence-electron chi connectivity index (χ4n) is 2.88. The highest BCUT2D eigenvalue weighted by atomic mass is 32.2. The van der Waals surface area contributed by atoms with Gasteiger partial charge in [-0.15, -0.1) is 0 Å². The Kier molecular flexibility index (Phi) is 2.94. The Bertz CT molecular complexity index is 705. The molecule has 1 N–H and O–H groups in total. The average molecular weight is 297 g/mol. The van der Waals surface area contributed by atoms with Gasteiger partial charge in [0.05, 0.1) is 5.69 Å². The third-order valence-electron chi connectivity index (χ3n) is 3.73. The van der Waals surface area contributed by atoms with Gasteiger partial charge < -0.3 is 5.11 Å². The predicted molar refractivity (Wildman–Crippen MR) is 69.7 cm³/mol. The number of aryl methyl sites for hydroxylation is 2. The summed E-state index contributed by atoms with van der Waals surface area (Å²) in [5, 5.41) is 13.5. The van der Waals surface area contributed by atoms with Crippen molar-refractivity contribution >= 4 is 16.0 Å². The Balaban J connectivity index is 2.07. The minimum absolute atomic E-state index is 0.0826. The summed E-state index contributed by atoms with van der Waals surface area (Å²) in [5.41, 5.74) is 1.55. The number of sulfonamides is 1. The summed E-state index contributed by atoms with van der Waals surface area (Å²) in [6.07, 6.45) is 5.31. The number of carbonyl (C=O) groups is 1. The number of carboxylic acids is 1. The van der Waals surface area contributed by atoms with Gasteiger partial charge >= 0.3 is 5.97 Å². The van der Waals surface area contributed by atoms with Crippen molar-refractivity contribution in [3.05, 3.63) is 23.4 Å². The molecule has 7 nitrogen and oxygen atoms in total. The lowest BCUT2D eigenvalue weighted by Gasteiger charge is -2.21. The molecule has 1 unspecified atom stereocenters. The zero-order chi connectivity index (χ0) is 14.5. The summed E-state index contributed by atoms with van der Waals surface area (Å²) in [6, 6.07) is -1.13. The maximum atomic E-state index is 12.8. The molecule has 0 saturated heterocycles. The smallest absolute Gasteiger partial charge is 0.326 e. The van der Waals surface area contributed by atoms with E-state index >= 15 is 0 Å². The third-order valence-corrected chi connectivity index (χ3v) is 5.72. The van der Waals surface area contributed by atoms with Crippen LogP contribution in [0.4, 0.5) is 0 Å². The fraction of sp³-hybridized carbons (Fsp3) is 0.500. The van der Waals surface area contributed by atoms with E-state index in [4.69, 9.17) is 5.11 Å². The van der Waals surface area contributed by atoms with E-state index < -0.39 is 22.0 Å². The van der Waals surface area contributed by atoms with Crippen molar-refractivity contribution in [3.8, 4) is 0 Å². The molecule has 1 aromatic rings. The molecule has 0 radical (unpaired) electrons. The van der Waals surface area contributed by atoms with Crippen molar-refractivity contribution in [2.24, 2.45) is 7.05 Å². The van der Waals surface area contributed by atoms with Crippen molar-refractivity contribution in [1.82, 2.24) is 14.1 Å². The van der Waals surface area contributed by atoms with Gasteiger partial charge in [-0.2, -0.15) is 9.40 Å². The van der Waals surface area contributed by atoms with Gasteiger partial charge in [-0.05, 0) is 19.3 Å². The van der Waals surface area contributed by atoms with Gasteiger partial charge in [0, 0.05) is 19.2 Å². The molecule has 0 aromatic carbocycles. The fourth-order valence-corrected chi connectivity index (χ4v) is 4.75. The maximum Gasteiger partial charge on any atom is 0.326 e. The summed E-state index contributed by atoms with van der Waals surface area (Å²) >= 11 is 0. The number of aromatic nitrogens is 2. The van der Waals surface area contributed by atoms with E-state index in [9.17, 15) is 13.2 Å². The zero-order valence-corrected chi connectivity index (χ0v) is 11.8. The summed E-state index contributed by atoms with van der Waals surface area (Å²) in [5.74, 6) is -1.17. The molecular weight excluding hydrogens is 282 g/mol. The number of aliphatic carboxylic acids is 1. The van der Waals surface area contributed by atoms with Crippen LogP contribution in [-0.2, 0) is 34.7 Å². The highest BCUT2D eigenvalue weighted by Crippen LogP contribution is 2.31. The number of nitrogens with zero attached hydrogens (tertiary/aromatic N) is 3. The lowest BCUT2D eigenvalue weighted by Crippen LogP contribution is -2.41. The Morgan fingerprint density at radius 1 is 1.45 bits per heavy atom. The largest absolute Gasteiger partial charge is 0.480 e. The quantitative estimate of drug-likeness (QED) is 0.788. The topological polar surface area (TPSA) is 92.5 Å². The van der Waals surface area contributed by atoms with E-state index in [1.165, 1.54) is 10.8 Å². The van der Waals surface area contributed by atoms with Gasteiger partial charge in [0.2, 0.25) is 0 Å². The van der Waals surface area contributed by atoms with Crippen LogP contribution in [0.25, 0.3) is 0 Å². The Labute approximate surface area is 116 Å². The van der Waals surface area contributed by atoms with Crippen LogP contribution >= 0.6 is 0 Å². The van der Waals surface area contributed by atoms with Gasteiger partial charge in [-0.25, -0.2) is 8.42 Å². The van der Waals surface area contributed by atoms with Crippen LogP contribution in [0.15, 0.2) is 17.2 Å². The van der Waals surface area contributed by atoms with Crippen LogP contribution in [0.5, 0.6) is 0 Å². The number of fused-ring (bicyclic) bond motifs is 1. The van der Waals surface area contributed by atoms with Crippen molar-refractivity contribution in [3.63, 3.8) is 0 Å². The van der Waals surface area contributed by atoms with Crippen molar-refractivity contribution in [1.29, 1.82) is 0 Å². The standard InChI is InChI=1S/C12H15N3O4S/c1-14-11(8-4-2-5-9(8)13-14)20(18,19)15-7-3-6-10(15)12(16)17/h3,6,10H,2,4-5,7H2,1H3,(H,16,17). The second kappa shape index (κ2) is 4.42. The Morgan fingerprint density at radius 3 is 2.90 bits per heavy atom. The van der Waals surface area contributed by atoms with Crippen LogP contribution in [0, 0.1) is 0 Å². The SMILES string of the molecule is Cn1nc2c(c1S(=O)(=O)N1CC=CC1C(=O)O)CCC2. The highest BCUT2D eigenvalue weighted by Gasteiger charge is 2.40. The lowest BCUT2D eigenvalue weighted by molar-refractivity contribution is -0.139. The molecule has 0 fully saturated rings. The molecule has 20 heavy (non-hydrogen) atoms. The molecule has 2 aliphatic rings. The maximum absolute atomic E-state index is 12.8. The van der Waals surface area contributed by atoms with Gasteiger partial charge in [-0.1, -0.05) is 12.2 Å². The van der Waals surface area contributed by atoms with E-state index in [1.807, 2.05) is 0 Å². The normalized spacial score (nSPS) is 22.4. The highest BCUT2D eigenvalue weighted by molar-refractivity contribution is 7.89. The first-order valence-electron chi connectivity index (χ1n) is 6.39. The minimum Gasteiger partial charge on any atom is -0.480 e. The molecule has 1 atom stereocenters. The third kappa shape index (κ3) is 1.79. The molecule has 2 heterocycles. The van der Waals surface area contributed by atoms with E-state index in [0.29, 0.717) is 6.42 Å². The van der Waals surface area contributed by atoms with Gasteiger partial charge in [0.25, 0.3) is 10.0 Å². The number of rotatable bonds is 3. The first-order chi connectivity index (χ1) is 9.43. The van der Waals surface area contributed by atoms with Gasteiger partial charge in [-0.3, -0.25) is 9.48 Å². The number of hydrogen-bond donors (Lipinski definition) is 1. The summed E-state index contributed by atoms with van der Waals surface area (Å²) in [6.45, 7) is 0.0826. The predicted octanol–water partition coefficient (Wildman–Crippen LogP) is -0.0775.